The number of anilines is 2. The van der Waals surface area contributed by atoms with Crippen LogP contribution in [0, 0.1) is 23.5 Å². The van der Waals surface area contributed by atoms with Gasteiger partial charge in [-0.05, 0) is 60.4 Å². The maximum Gasteiger partial charge on any atom is 0.323 e. The molecule has 4 aromatic carbocycles. The first kappa shape index (κ1) is 30.9. The molecule has 45 heavy (non-hydrogen) atoms. The minimum atomic E-state index is -1.84. The molecule has 1 spiro atoms. The molecule has 0 bridgehead atoms. The van der Waals surface area contributed by atoms with E-state index in [2.05, 4.69) is 26.6 Å². The molecule has 4 unspecified atom stereocenters. The number of ketones is 1. The maximum absolute atomic E-state index is 14.9. The van der Waals surface area contributed by atoms with E-state index in [1.165, 1.54) is 4.90 Å². The topological polar surface area (TPSA) is 78.5 Å². The van der Waals surface area contributed by atoms with Gasteiger partial charge in [0.05, 0.1) is 11.6 Å². The summed E-state index contributed by atoms with van der Waals surface area (Å²) in [5, 5.41) is 6.03. The number of rotatable bonds is 6. The molecule has 10 heteroatoms. The van der Waals surface area contributed by atoms with E-state index in [1.807, 2.05) is 26.0 Å². The Bertz CT molecular complexity index is 1800. The van der Waals surface area contributed by atoms with Crippen LogP contribution in [0.1, 0.15) is 47.7 Å². The van der Waals surface area contributed by atoms with Crippen LogP contribution in [0.15, 0.2) is 95.5 Å². The molecule has 2 aliphatic rings. The number of fused-ring (bicyclic) bond motifs is 2. The molecule has 0 radical (unpaired) electrons. The normalized spacial score (nSPS) is 22.1. The van der Waals surface area contributed by atoms with Gasteiger partial charge in [0.2, 0.25) is 0 Å². The summed E-state index contributed by atoms with van der Waals surface area (Å²) in [6.07, 6.45) is 0.406. The summed E-state index contributed by atoms with van der Waals surface area (Å²) in [4.78, 5) is 45.5. The van der Waals surface area contributed by atoms with Crippen molar-refractivity contribution in [3.63, 3.8) is 0 Å². The third-order valence-corrected chi connectivity index (χ3v) is 9.37. The number of Topliss-reactive ketones (excluding diaryl/α,β-unsaturated/α-hetero) is 1. The monoisotopic (exact) mass is 691 g/mol. The van der Waals surface area contributed by atoms with E-state index in [0.717, 1.165) is 17.7 Å². The number of urea groups is 1. The second kappa shape index (κ2) is 12.0. The number of hydrogen-bond acceptors (Lipinski definition) is 3. The number of nitrogens with one attached hydrogen (secondary N) is 2. The summed E-state index contributed by atoms with van der Waals surface area (Å²) >= 11 is 9.81. The van der Waals surface area contributed by atoms with E-state index in [1.54, 1.807) is 60.7 Å². The van der Waals surface area contributed by atoms with Crippen LogP contribution in [-0.4, -0.2) is 28.7 Å². The Morgan fingerprint density at radius 3 is 2.38 bits per heavy atom. The molecular formula is C35H29BrClF2N3O3. The molecule has 6 nitrogen and oxygen atoms in total. The SMILES string of the molecule is CC(C)CC1C(c2ccc(Cl)cc2)C(C(=O)c2ccccc2)C2(C(=O)Nc3ccc(Br)cc32)N1C(=O)Nc1ccc(F)cc1F. The molecular weight excluding hydrogens is 664 g/mol. The van der Waals surface area contributed by atoms with E-state index in [0.29, 0.717) is 38.8 Å². The van der Waals surface area contributed by atoms with Crippen LogP contribution in [0.25, 0.3) is 0 Å². The Labute approximate surface area is 272 Å². The molecule has 6 rings (SSSR count). The first-order chi connectivity index (χ1) is 21.5. The Kier molecular flexibility index (Phi) is 8.26. The van der Waals surface area contributed by atoms with Gasteiger partial charge in [0, 0.05) is 44.3 Å². The van der Waals surface area contributed by atoms with Crippen molar-refractivity contribution in [2.24, 2.45) is 11.8 Å². The standard InChI is InChI=1S/C35H29BrClF2N3O3/c1-19(2)16-29-30(20-8-11-23(37)12-9-20)31(32(43)21-6-4-3-5-7-21)35(25-17-22(36)10-14-27(25)40-33(35)44)42(29)34(45)41-28-15-13-24(38)18-26(28)39/h3-15,17-19,29-31H,16H2,1-2H3,(H,40,44)(H,41,45). The van der Waals surface area contributed by atoms with Gasteiger partial charge in [-0.15, -0.1) is 0 Å². The molecule has 3 amide bonds. The van der Waals surface area contributed by atoms with E-state index < -0.39 is 47.0 Å². The Morgan fingerprint density at radius 2 is 1.71 bits per heavy atom. The van der Waals surface area contributed by atoms with Gasteiger partial charge in [-0.3, -0.25) is 9.59 Å². The van der Waals surface area contributed by atoms with Gasteiger partial charge in [-0.2, -0.15) is 0 Å². The van der Waals surface area contributed by atoms with Crippen molar-refractivity contribution in [3.05, 3.63) is 129 Å². The molecule has 2 heterocycles. The van der Waals surface area contributed by atoms with Gasteiger partial charge in [0.25, 0.3) is 5.91 Å². The van der Waals surface area contributed by atoms with Gasteiger partial charge in [0.15, 0.2) is 11.3 Å². The Balaban J connectivity index is 1.66. The van der Waals surface area contributed by atoms with Crippen molar-refractivity contribution in [1.82, 2.24) is 4.90 Å². The Hall–Kier alpha value is -4.08. The average Bonchev–Trinajstić information content (AvgIpc) is 3.45. The fourth-order valence-corrected chi connectivity index (χ4v) is 7.42. The van der Waals surface area contributed by atoms with Gasteiger partial charge >= 0.3 is 6.03 Å². The smallest absolute Gasteiger partial charge is 0.323 e. The van der Waals surface area contributed by atoms with E-state index in [-0.39, 0.29) is 17.4 Å². The van der Waals surface area contributed by atoms with E-state index >= 15 is 0 Å². The highest BCUT2D eigenvalue weighted by Crippen LogP contribution is 2.60. The lowest BCUT2D eigenvalue weighted by atomic mass is 9.69. The molecule has 4 atom stereocenters. The van der Waals surface area contributed by atoms with Crippen LogP contribution >= 0.6 is 27.5 Å². The fraction of sp³-hybridized carbons (Fsp3) is 0.229. The lowest BCUT2D eigenvalue weighted by Gasteiger charge is -2.39. The van der Waals surface area contributed by atoms with E-state index in [4.69, 9.17) is 11.6 Å². The second-order valence-corrected chi connectivity index (χ2v) is 13.2. The third kappa shape index (κ3) is 5.32. The first-order valence-electron chi connectivity index (χ1n) is 14.5. The lowest BCUT2D eigenvalue weighted by Crippen LogP contribution is -2.57. The number of nitrogens with zero attached hydrogens (tertiary/aromatic N) is 1. The number of carbonyl (C=O) groups excluding carboxylic acids is 3. The summed E-state index contributed by atoms with van der Waals surface area (Å²) in [5.74, 6) is -4.38. The molecule has 2 N–H and O–H groups in total. The average molecular weight is 693 g/mol. The number of likely N-dealkylation sites (tertiary alicyclic amines) is 1. The van der Waals surface area contributed by atoms with Crippen LogP contribution in [0.2, 0.25) is 5.02 Å². The van der Waals surface area contributed by atoms with Crippen molar-refractivity contribution in [2.45, 2.75) is 37.8 Å². The summed E-state index contributed by atoms with van der Waals surface area (Å²) in [6.45, 7) is 3.99. The minimum absolute atomic E-state index is 0.0247. The molecule has 4 aromatic rings. The van der Waals surface area contributed by atoms with Gasteiger partial charge in [-0.25, -0.2) is 13.6 Å². The summed E-state index contributed by atoms with van der Waals surface area (Å²) in [5.41, 5.74) is -0.0914. The Morgan fingerprint density at radius 1 is 1.00 bits per heavy atom. The van der Waals surface area contributed by atoms with Crippen molar-refractivity contribution in [1.29, 1.82) is 0 Å². The van der Waals surface area contributed by atoms with Crippen molar-refractivity contribution < 1.29 is 23.2 Å². The zero-order valence-corrected chi connectivity index (χ0v) is 26.7. The van der Waals surface area contributed by atoms with Crippen LogP contribution in [0.3, 0.4) is 0 Å². The second-order valence-electron chi connectivity index (χ2n) is 11.8. The molecule has 230 valence electrons. The molecule has 0 saturated carbocycles. The number of benzene rings is 4. The summed E-state index contributed by atoms with van der Waals surface area (Å²) in [7, 11) is 0. The largest absolute Gasteiger partial charge is 0.323 e. The van der Waals surface area contributed by atoms with Crippen molar-refractivity contribution in [3.8, 4) is 0 Å². The van der Waals surface area contributed by atoms with Gasteiger partial charge in [-0.1, -0.05) is 83.8 Å². The molecule has 0 aromatic heterocycles. The van der Waals surface area contributed by atoms with Gasteiger partial charge in [0.1, 0.15) is 11.6 Å². The zero-order valence-electron chi connectivity index (χ0n) is 24.4. The lowest BCUT2D eigenvalue weighted by molar-refractivity contribution is -0.126. The van der Waals surface area contributed by atoms with Gasteiger partial charge < -0.3 is 15.5 Å². The number of hydrogen-bond donors (Lipinski definition) is 2. The quantitative estimate of drug-likeness (QED) is 0.198. The molecule has 1 fully saturated rings. The first-order valence-corrected chi connectivity index (χ1v) is 15.7. The highest BCUT2D eigenvalue weighted by atomic mass is 79.9. The van der Waals surface area contributed by atoms with E-state index in [9.17, 15) is 23.2 Å². The minimum Gasteiger partial charge on any atom is -0.323 e. The van der Waals surface area contributed by atoms with Crippen LogP contribution < -0.4 is 10.6 Å². The molecule has 0 aliphatic carbocycles. The number of amides is 3. The highest BCUT2D eigenvalue weighted by molar-refractivity contribution is 9.10. The molecule has 1 saturated heterocycles. The van der Waals surface area contributed by atoms with Crippen LogP contribution in [0.4, 0.5) is 25.0 Å². The predicted molar refractivity (Wildman–Crippen MR) is 173 cm³/mol. The summed E-state index contributed by atoms with van der Waals surface area (Å²) < 4.78 is 29.4. The predicted octanol–water partition coefficient (Wildman–Crippen LogP) is 8.77. The summed E-state index contributed by atoms with van der Waals surface area (Å²) in [6, 6.07) is 22.3. The number of halogens is 4. The van der Waals surface area contributed by atoms with Crippen LogP contribution in [-0.2, 0) is 10.3 Å². The zero-order chi connectivity index (χ0) is 32.0. The molecule has 2 aliphatic heterocycles. The van der Waals surface area contributed by atoms with Crippen molar-refractivity contribution >= 4 is 56.6 Å². The fourth-order valence-electron chi connectivity index (χ4n) is 6.93. The highest BCUT2D eigenvalue weighted by Gasteiger charge is 2.70. The third-order valence-electron chi connectivity index (χ3n) is 8.62. The number of carbonyl (C=O) groups is 3. The maximum atomic E-state index is 14.9. The van der Waals surface area contributed by atoms with Crippen molar-refractivity contribution in [2.75, 3.05) is 10.6 Å². The van der Waals surface area contributed by atoms with Crippen LogP contribution in [0.5, 0.6) is 0 Å².